The molecule has 0 fully saturated rings. The molecule has 2 heterocycles. The molecule has 0 spiro atoms. The molecule has 0 saturated carbocycles. The molecule has 118 valence electrons. The van der Waals surface area contributed by atoms with Crippen molar-refractivity contribution in [2.75, 3.05) is 0 Å². The van der Waals surface area contributed by atoms with Crippen LogP contribution in [0.2, 0.25) is 0 Å². The summed E-state index contributed by atoms with van der Waals surface area (Å²) in [6.45, 7) is 2.05. The number of imidazole rings is 1. The summed E-state index contributed by atoms with van der Waals surface area (Å²) in [5.41, 5.74) is 4.42. The van der Waals surface area contributed by atoms with E-state index in [-0.39, 0.29) is 5.75 Å². The quantitative estimate of drug-likeness (QED) is 0.595. The Balaban J connectivity index is 1.79. The fourth-order valence-electron chi connectivity index (χ4n) is 2.64. The lowest BCUT2D eigenvalue weighted by Gasteiger charge is -2.06. The fourth-order valence-corrected chi connectivity index (χ4v) is 2.64. The zero-order valence-corrected chi connectivity index (χ0v) is 13.0. The second kappa shape index (κ2) is 5.38. The van der Waals surface area contributed by atoms with Gasteiger partial charge in [-0.2, -0.15) is 0 Å². The van der Waals surface area contributed by atoms with Gasteiger partial charge in [-0.05, 0) is 25.1 Å². The Labute approximate surface area is 137 Å². The van der Waals surface area contributed by atoms with Crippen molar-refractivity contribution in [2.45, 2.75) is 6.92 Å². The van der Waals surface area contributed by atoms with E-state index in [0.717, 1.165) is 28.1 Å². The highest BCUT2D eigenvalue weighted by Crippen LogP contribution is 2.23. The minimum atomic E-state index is -0.393. The van der Waals surface area contributed by atoms with E-state index in [9.17, 15) is 9.90 Å². The molecule has 2 aromatic heterocycles. The molecule has 0 bridgehead atoms. The topological polar surface area (TPSA) is 70.9 Å². The van der Waals surface area contributed by atoms with Crippen LogP contribution >= 0.6 is 0 Å². The summed E-state index contributed by atoms with van der Waals surface area (Å²) in [6, 6.07) is 15.3. The highest BCUT2D eigenvalue weighted by Gasteiger charge is 2.07. The van der Waals surface area contributed by atoms with Gasteiger partial charge in [0.05, 0.1) is 17.2 Å². The number of aromatic amines is 1. The zero-order chi connectivity index (χ0) is 16.7. The molecule has 5 nitrogen and oxygen atoms in total. The third-order valence-electron chi connectivity index (χ3n) is 3.99. The van der Waals surface area contributed by atoms with E-state index in [2.05, 4.69) is 29.0 Å². The lowest BCUT2D eigenvalue weighted by molar-refractivity contribution is 0.465. The average molecular weight is 317 g/mol. The molecule has 0 aliphatic rings. The van der Waals surface area contributed by atoms with E-state index in [1.807, 2.05) is 30.3 Å². The first-order valence-electron chi connectivity index (χ1n) is 7.59. The van der Waals surface area contributed by atoms with Gasteiger partial charge in [-0.3, -0.25) is 4.79 Å². The number of nitrogens with zero attached hydrogens (tertiary/aromatic N) is 2. The summed E-state index contributed by atoms with van der Waals surface area (Å²) in [7, 11) is 0. The number of rotatable bonds is 2. The Bertz CT molecular complexity index is 1090. The van der Waals surface area contributed by atoms with Gasteiger partial charge >= 0.3 is 0 Å². The number of H-pyrrole nitrogens is 1. The van der Waals surface area contributed by atoms with Crippen molar-refractivity contribution in [3.05, 3.63) is 76.7 Å². The van der Waals surface area contributed by atoms with Crippen molar-refractivity contribution in [1.29, 1.82) is 0 Å². The first-order chi connectivity index (χ1) is 11.6. The molecule has 5 heteroatoms. The predicted molar refractivity (Wildman–Crippen MR) is 93.5 cm³/mol. The normalized spacial score (nSPS) is 11.0. The van der Waals surface area contributed by atoms with Gasteiger partial charge in [0.1, 0.15) is 5.82 Å². The first-order valence-corrected chi connectivity index (χ1v) is 7.59. The lowest BCUT2D eigenvalue weighted by Crippen LogP contribution is -2.03. The van der Waals surface area contributed by atoms with Crippen LogP contribution in [0.25, 0.3) is 28.1 Å². The summed E-state index contributed by atoms with van der Waals surface area (Å²) in [5.74, 6) is 0.535. The minimum absolute atomic E-state index is 0.275. The molecular formula is C19H15N3O2. The van der Waals surface area contributed by atoms with Gasteiger partial charge < -0.3 is 14.7 Å². The van der Waals surface area contributed by atoms with E-state index in [0.29, 0.717) is 0 Å². The van der Waals surface area contributed by atoms with Crippen LogP contribution in [0.15, 0.2) is 65.7 Å². The standard InChI is InChI=1S/C19H15N3O2/c1-12-2-4-13(5-3-12)19-20-15-7-6-14(10-16(15)21-19)22-9-8-17(23)18(24)11-22/h2-11,24H,1H3,(H,20,21). The maximum Gasteiger partial charge on any atom is 0.223 e. The molecule has 4 rings (SSSR count). The monoisotopic (exact) mass is 317 g/mol. The molecule has 0 radical (unpaired) electrons. The summed E-state index contributed by atoms with van der Waals surface area (Å²) < 4.78 is 1.70. The Morgan fingerprint density at radius 2 is 1.88 bits per heavy atom. The maximum atomic E-state index is 11.3. The van der Waals surface area contributed by atoms with Crippen LogP contribution in [0, 0.1) is 6.92 Å². The number of hydrogen-bond donors (Lipinski definition) is 2. The van der Waals surface area contributed by atoms with Crippen LogP contribution in [-0.2, 0) is 0 Å². The van der Waals surface area contributed by atoms with Gasteiger partial charge in [0.15, 0.2) is 5.75 Å². The zero-order valence-electron chi connectivity index (χ0n) is 13.0. The number of aryl methyl sites for hydroxylation is 1. The summed E-state index contributed by atoms with van der Waals surface area (Å²) in [5, 5.41) is 9.60. The van der Waals surface area contributed by atoms with Crippen molar-refractivity contribution >= 4 is 11.0 Å². The van der Waals surface area contributed by atoms with Gasteiger partial charge in [-0.25, -0.2) is 4.98 Å². The summed E-state index contributed by atoms with van der Waals surface area (Å²) >= 11 is 0. The number of fused-ring (bicyclic) bond motifs is 1. The van der Waals surface area contributed by atoms with Gasteiger partial charge in [0.25, 0.3) is 0 Å². The molecule has 0 atom stereocenters. The number of aromatic nitrogens is 3. The van der Waals surface area contributed by atoms with Crippen molar-refractivity contribution in [3.8, 4) is 22.8 Å². The van der Waals surface area contributed by atoms with E-state index >= 15 is 0 Å². The minimum Gasteiger partial charge on any atom is -0.503 e. The van der Waals surface area contributed by atoms with Crippen LogP contribution < -0.4 is 5.43 Å². The van der Waals surface area contributed by atoms with Gasteiger partial charge in [-0.1, -0.05) is 29.8 Å². The molecule has 0 amide bonds. The molecule has 2 aromatic carbocycles. The molecule has 0 aliphatic carbocycles. The van der Waals surface area contributed by atoms with Crippen LogP contribution in [0.4, 0.5) is 0 Å². The summed E-state index contributed by atoms with van der Waals surface area (Å²) in [6.07, 6.45) is 3.03. The average Bonchev–Trinajstić information content (AvgIpc) is 3.01. The van der Waals surface area contributed by atoms with E-state index in [4.69, 9.17) is 0 Å². The van der Waals surface area contributed by atoms with Gasteiger partial charge in [0.2, 0.25) is 5.43 Å². The SMILES string of the molecule is Cc1ccc(-c2nc3ccc(-n4ccc(=O)c(O)c4)cc3[nH]2)cc1. The number of hydrogen-bond acceptors (Lipinski definition) is 3. The fraction of sp³-hybridized carbons (Fsp3) is 0.0526. The molecule has 4 aromatic rings. The van der Waals surface area contributed by atoms with Crippen molar-refractivity contribution in [3.63, 3.8) is 0 Å². The number of nitrogens with one attached hydrogen (secondary N) is 1. The second-order valence-electron chi connectivity index (χ2n) is 5.75. The molecule has 24 heavy (non-hydrogen) atoms. The number of pyridine rings is 1. The number of benzene rings is 2. The molecule has 0 saturated heterocycles. The summed E-state index contributed by atoms with van der Waals surface area (Å²) in [4.78, 5) is 19.3. The highest BCUT2D eigenvalue weighted by atomic mass is 16.3. The Kier molecular flexibility index (Phi) is 3.20. The van der Waals surface area contributed by atoms with Crippen LogP contribution in [-0.4, -0.2) is 19.6 Å². The third-order valence-corrected chi connectivity index (χ3v) is 3.99. The highest BCUT2D eigenvalue weighted by molar-refractivity contribution is 5.81. The van der Waals surface area contributed by atoms with Crippen LogP contribution in [0.3, 0.4) is 0 Å². The first kappa shape index (κ1) is 14.3. The largest absolute Gasteiger partial charge is 0.503 e. The maximum absolute atomic E-state index is 11.3. The smallest absolute Gasteiger partial charge is 0.223 e. The number of aromatic hydroxyl groups is 1. The Morgan fingerprint density at radius 1 is 1.08 bits per heavy atom. The third kappa shape index (κ3) is 2.46. The Hall–Kier alpha value is -3.34. The molecule has 0 aliphatic heterocycles. The van der Waals surface area contributed by atoms with E-state index < -0.39 is 5.43 Å². The van der Waals surface area contributed by atoms with E-state index in [1.54, 1.807) is 10.8 Å². The van der Waals surface area contributed by atoms with E-state index in [1.165, 1.54) is 17.8 Å². The van der Waals surface area contributed by atoms with Crippen molar-refractivity contribution in [2.24, 2.45) is 0 Å². The van der Waals surface area contributed by atoms with Gasteiger partial charge in [-0.15, -0.1) is 0 Å². The molecule has 2 N–H and O–H groups in total. The van der Waals surface area contributed by atoms with Gasteiger partial charge in [0, 0.05) is 23.5 Å². The second-order valence-corrected chi connectivity index (χ2v) is 5.75. The van der Waals surface area contributed by atoms with Crippen LogP contribution in [0.5, 0.6) is 5.75 Å². The predicted octanol–water partition coefficient (Wildman–Crippen LogP) is 3.39. The Morgan fingerprint density at radius 3 is 2.62 bits per heavy atom. The van der Waals surface area contributed by atoms with Crippen LogP contribution in [0.1, 0.15) is 5.56 Å². The molecule has 0 unspecified atom stereocenters. The lowest BCUT2D eigenvalue weighted by atomic mass is 10.1. The van der Waals surface area contributed by atoms with Crippen molar-refractivity contribution in [1.82, 2.24) is 14.5 Å². The van der Waals surface area contributed by atoms with Crippen molar-refractivity contribution < 1.29 is 5.11 Å². The molecular weight excluding hydrogens is 302 g/mol.